The predicted octanol–water partition coefficient (Wildman–Crippen LogP) is 4.69. The van der Waals surface area contributed by atoms with Crippen LogP contribution in [0.15, 0.2) is 18.2 Å². The lowest BCUT2D eigenvalue weighted by molar-refractivity contribution is 0.0773. The average Bonchev–Trinajstić information content (AvgIpc) is 2.31. The Balaban J connectivity index is 2.51. The topological polar surface area (TPSA) is 26.0 Å². The zero-order valence-corrected chi connectivity index (χ0v) is 13.2. The van der Waals surface area contributed by atoms with E-state index < -0.39 is 0 Å². The van der Waals surface area contributed by atoms with E-state index in [1.54, 1.807) is 0 Å². The fourth-order valence-corrected chi connectivity index (χ4v) is 3.98. The van der Waals surface area contributed by atoms with Crippen molar-refractivity contribution >= 4 is 0 Å². The fraction of sp³-hybridized carbons (Fsp3) is 0.667. The second-order valence-corrected chi connectivity index (χ2v) is 7.45. The molecule has 1 fully saturated rings. The van der Waals surface area contributed by atoms with Crippen molar-refractivity contribution in [2.45, 2.75) is 65.8 Å². The molecule has 0 heterocycles. The molecule has 0 aromatic heterocycles. The molecular formula is C18H29N. The third kappa shape index (κ3) is 2.58. The van der Waals surface area contributed by atoms with Crippen LogP contribution < -0.4 is 5.73 Å². The average molecular weight is 259 g/mol. The molecule has 0 radical (unpaired) electrons. The minimum absolute atomic E-state index is 0.146. The van der Waals surface area contributed by atoms with Gasteiger partial charge in [-0.15, -0.1) is 0 Å². The Labute approximate surface area is 118 Å². The van der Waals surface area contributed by atoms with E-state index in [1.165, 1.54) is 36.0 Å². The molecule has 1 aromatic carbocycles. The highest BCUT2D eigenvalue weighted by atomic mass is 14.8. The van der Waals surface area contributed by atoms with Gasteiger partial charge < -0.3 is 5.73 Å². The Bertz CT molecular complexity index is 455. The summed E-state index contributed by atoms with van der Waals surface area (Å²) < 4.78 is 0. The highest BCUT2D eigenvalue weighted by Gasteiger charge is 2.45. The number of aryl methyl sites for hydroxylation is 1. The molecule has 1 aromatic rings. The summed E-state index contributed by atoms with van der Waals surface area (Å²) in [7, 11) is 0. The number of hydrogen-bond acceptors (Lipinski definition) is 1. The third-order valence-electron chi connectivity index (χ3n) is 5.11. The van der Waals surface area contributed by atoms with E-state index in [9.17, 15) is 0 Å². The van der Waals surface area contributed by atoms with Gasteiger partial charge in [0.15, 0.2) is 0 Å². The number of benzene rings is 1. The normalized spacial score (nSPS) is 28.4. The third-order valence-corrected chi connectivity index (χ3v) is 5.11. The van der Waals surface area contributed by atoms with E-state index in [2.05, 4.69) is 52.8 Å². The molecule has 0 aliphatic heterocycles. The first kappa shape index (κ1) is 14.6. The monoisotopic (exact) mass is 259 g/mol. The van der Waals surface area contributed by atoms with Crippen LogP contribution in [0.1, 0.15) is 63.1 Å². The maximum absolute atomic E-state index is 6.98. The van der Waals surface area contributed by atoms with Gasteiger partial charge >= 0.3 is 0 Å². The second kappa shape index (κ2) is 4.94. The highest BCUT2D eigenvalue weighted by Crippen LogP contribution is 2.49. The Morgan fingerprint density at radius 3 is 2.47 bits per heavy atom. The van der Waals surface area contributed by atoms with E-state index in [0.29, 0.717) is 5.92 Å². The van der Waals surface area contributed by atoms with Crippen LogP contribution >= 0.6 is 0 Å². The van der Waals surface area contributed by atoms with Crippen molar-refractivity contribution in [1.29, 1.82) is 0 Å². The Morgan fingerprint density at radius 2 is 1.84 bits per heavy atom. The molecule has 1 nitrogen and oxygen atoms in total. The lowest BCUT2D eigenvalue weighted by Gasteiger charge is -2.49. The first-order valence-electron chi connectivity index (χ1n) is 7.62. The molecule has 1 heteroatoms. The fourth-order valence-electron chi connectivity index (χ4n) is 3.98. The van der Waals surface area contributed by atoms with Crippen LogP contribution in [0.5, 0.6) is 0 Å². The summed E-state index contributed by atoms with van der Waals surface area (Å²) in [6.07, 6.45) is 4.97. The first-order chi connectivity index (χ1) is 8.77. The van der Waals surface area contributed by atoms with Crippen LogP contribution in [0, 0.1) is 25.2 Å². The van der Waals surface area contributed by atoms with Gasteiger partial charge in [0.1, 0.15) is 0 Å². The summed E-state index contributed by atoms with van der Waals surface area (Å²) in [4.78, 5) is 0. The summed E-state index contributed by atoms with van der Waals surface area (Å²) in [6, 6.07) is 6.62. The maximum atomic E-state index is 6.98. The summed E-state index contributed by atoms with van der Waals surface area (Å²) in [6.45, 7) is 11.5. The molecule has 1 aliphatic carbocycles. The van der Waals surface area contributed by atoms with Crippen molar-refractivity contribution in [2.24, 2.45) is 17.1 Å². The van der Waals surface area contributed by atoms with Crippen LogP contribution in [-0.2, 0) is 5.54 Å². The van der Waals surface area contributed by atoms with Gasteiger partial charge in [-0.1, -0.05) is 51.8 Å². The first-order valence-corrected chi connectivity index (χ1v) is 7.62. The molecule has 0 amide bonds. The molecule has 0 bridgehead atoms. The Kier molecular flexibility index (Phi) is 3.79. The number of rotatable bonds is 1. The van der Waals surface area contributed by atoms with E-state index in [0.717, 1.165) is 6.42 Å². The van der Waals surface area contributed by atoms with Crippen molar-refractivity contribution in [3.63, 3.8) is 0 Å². The van der Waals surface area contributed by atoms with Gasteiger partial charge in [0.05, 0.1) is 0 Å². The zero-order valence-electron chi connectivity index (χ0n) is 13.2. The molecule has 0 saturated heterocycles. The van der Waals surface area contributed by atoms with E-state index in [-0.39, 0.29) is 11.0 Å². The van der Waals surface area contributed by atoms with Gasteiger partial charge in [-0.2, -0.15) is 0 Å². The quantitative estimate of drug-likeness (QED) is 0.777. The van der Waals surface area contributed by atoms with Crippen LogP contribution in [-0.4, -0.2) is 0 Å². The molecule has 2 rings (SSSR count). The lowest BCUT2D eigenvalue weighted by Crippen LogP contribution is -2.51. The minimum Gasteiger partial charge on any atom is -0.321 e. The van der Waals surface area contributed by atoms with Crippen molar-refractivity contribution in [1.82, 2.24) is 0 Å². The van der Waals surface area contributed by atoms with Gasteiger partial charge in [-0.3, -0.25) is 0 Å². The van der Waals surface area contributed by atoms with Crippen molar-refractivity contribution in [2.75, 3.05) is 0 Å². The van der Waals surface area contributed by atoms with Gasteiger partial charge in [0.25, 0.3) is 0 Å². The summed E-state index contributed by atoms with van der Waals surface area (Å²) >= 11 is 0. The molecule has 1 saturated carbocycles. The molecule has 2 N–H and O–H groups in total. The largest absolute Gasteiger partial charge is 0.321 e. The Morgan fingerprint density at radius 1 is 1.16 bits per heavy atom. The molecule has 1 aliphatic rings. The SMILES string of the molecule is Cc1cccc(C2(N)CCCCC2C(C)(C)C)c1C. The number of nitrogens with two attached hydrogens (primary N) is 1. The molecule has 0 spiro atoms. The van der Waals surface area contributed by atoms with E-state index in [4.69, 9.17) is 5.73 Å². The molecule has 2 atom stereocenters. The number of hydrogen-bond donors (Lipinski definition) is 1. The molecule has 2 unspecified atom stereocenters. The van der Waals surface area contributed by atoms with Crippen molar-refractivity contribution in [3.05, 3.63) is 34.9 Å². The Hall–Kier alpha value is -0.820. The predicted molar refractivity (Wildman–Crippen MR) is 83.2 cm³/mol. The molecule has 106 valence electrons. The lowest BCUT2D eigenvalue weighted by atomic mass is 9.59. The summed E-state index contributed by atoms with van der Waals surface area (Å²) in [5.74, 6) is 0.564. The van der Waals surface area contributed by atoms with Gasteiger partial charge in [-0.05, 0) is 54.7 Å². The molecular weight excluding hydrogens is 230 g/mol. The molecule has 19 heavy (non-hydrogen) atoms. The van der Waals surface area contributed by atoms with Crippen LogP contribution in [0.4, 0.5) is 0 Å². The van der Waals surface area contributed by atoms with Crippen molar-refractivity contribution < 1.29 is 0 Å². The minimum atomic E-state index is -0.146. The van der Waals surface area contributed by atoms with Gasteiger partial charge in [0, 0.05) is 5.54 Å². The van der Waals surface area contributed by atoms with Gasteiger partial charge in [0.2, 0.25) is 0 Å². The second-order valence-electron chi connectivity index (χ2n) is 7.45. The highest BCUT2D eigenvalue weighted by molar-refractivity contribution is 5.39. The van der Waals surface area contributed by atoms with Crippen LogP contribution in [0.2, 0.25) is 0 Å². The van der Waals surface area contributed by atoms with Crippen LogP contribution in [0.3, 0.4) is 0 Å². The van der Waals surface area contributed by atoms with E-state index in [1.807, 2.05) is 0 Å². The maximum Gasteiger partial charge on any atom is 0.0445 e. The van der Waals surface area contributed by atoms with Gasteiger partial charge in [-0.25, -0.2) is 0 Å². The van der Waals surface area contributed by atoms with Crippen molar-refractivity contribution in [3.8, 4) is 0 Å². The standard InChI is InChI=1S/C18H29N/c1-13-9-8-10-15(14(13)2)18(19)12-7-6-11-16(18)17(3,4)5/h8-10,16H,6-7,11-12,19H2,1-5H3. The zero-order chi connectivity index (χ0) is 14.3. The van der Waals surface area contributed by atoms with E-state index >= 15 is 0 Å². The van der Waals surface area contributed by atoms with Crippen LogP contribution in [0.25, 0.3) is 0 Å². The summed E-state index contributed by atoms with van der Waals surface area (Å²) in [5.41, 5.74) is 11.2. The smallest absolute Gasteiger partial charge is 0.0445 e. The summed E-state index contributed by atoms with van der Waals surface area (Å²) in [5, 5.41) is 0.